The van der Waals surface area contributed by atoms with E-state index in [4.69, 9.17) is 14.0 Å². The van der Waals surface area contributed by atoms with Crippen LogP contribution in [0.1, 0.15) is 33.4 Å². The summed E-state index contributed by atoms with van der Waals surface area (Å²) in [5.74, 6) is -0.369. The van der Waals surface area contributed by atoms with E-state index >= 15 is 0 Å². The molecule has 0 bridgehead atoms. The molecule has 104 valence electrons. The second-order valence-electron chi connectivity index (χ2n) is 5.72. The van der Waals surface area contributed by atoms with Gasteiger partial charge >= 0.3 is 7.12 Å². The Balaban J connectivity index is 2.29. The molecule has 0 aliphatic carbocycles. The summed E-state index contributed by atoms with van der Waals surface area (Å²) in [6, 6.07) is 2.68. The predicted octanol–water partition coefficient (Wildman–Crippen LogP) is 1.67. The maximum Gasteiger partial charge on any atom is 0.514 e. The lowest BCUT2D eigenvalue weighted by molar-refractivity contribution is 0.00578. The molecule has 1 aliphatic rings. The summed E-state index contributed by atoms with van der Waals surface area (Å²) in [5, 5.41) is 0. The highest BCUT2D eigenvalue weighted by Gasteiger charge is 2.52. The summed E-state index contributed by atoms with van der Waals surface area (Å²) in [4.78, 5) is 4.32. The van der Waals surface area contributed by atoms with Crippen molar-refractivity contribution in [1.29, 1.82) is 0 Å². The van der Waals surface area contributed by atoms with Crippen molar-refractivity contribution in [1.82, 2.24) is 4.98 Å². The third-order valence-corrected chi connectivity index (χ3v) is 3.65. The largest absolute Gasteiger partial charge is 0.514 e. The van der Waals surface area contributed by atoms with Crippen LogP contribution in [0.3, 0.4) is 0 Å². The number of rotatable bonds is 3. The first kappa shape index (κ1) is 14.4. The summed E-state index contributed by atoms with van der Waals surface area (Å²) in [6.07, 6.45) is 0. The average molecular weight is 267 g/mol. The fraction of sp³-hybridized carbons (Fsp3) is 0.615. The van der Waals surface area contributed by atoms with Gasteiger partial charge in [-0.2, -0.15) is 0 Å². The number of methoxy groups -OCH3 is 1. The summed E-state index contributed by atoms with van der Waals surface area (Å²) in [7, 11) is 0.887. The topological polar surface area (TPSA) is 40.6 Å². The first-order valence-electron chi connectivity index (χ1n) is 6.26. The van der Waals surface area contributed by atoms with Gasteiger partial charge in [-0.3, -0.25) is 4.98 Å². The summed E-state index contributed by atoms with van der Waals surface area (Å²) in [6.45, 7) is 8.04. The number of nitrogens with zero attached hydrogens (tertiary/aromatic N) is 1. The Hall–Kier alpha value is -0.975. The maximum atomic E-state index is 13.6. The van der Waals surface area contributed by atoms with Gasteiger partial charge in [0.25, 0.3) is 0 Å². The van der Waals surface area contributed by atoms with Crippen LogP contribution in [0.4, 0.5) is 4.39 Å². The van der Waals surface area contributed by atoms with E-state index in [0.29, 0.717) is 11.3 Å². The first-order valence-corrected chi connectivity index (χ1v) is 6.26. The lowest BCUT2D eigenvalue weighted by Gasteiger charge is -2.32. The van der Waals surface area contributed by atoms with Gasteiger partial charge < -0.3 is 14.0 Å². The normalized spacial score (nSPS) is 20.8. The van der Waals surface area contributed by atoms with Crippen LogP contribution in [0, 0.1) is 5.82 Å². The van der Waals surface area contributed by atoms with Crippen LogP contribution in [-0.4, -0.2) is 30.4 Å². The van der Waals surface area contributed by atoms with E-state index < -0.39 is 18.3 Å². The molecule has 4 nitrogen and oxygen atoms in total. The molecule has 6 heteroatoms. The third-order valence-electron chi connectivity index (χ3n) is 3.65. The molecule has 0 spiro atoms. The van der Waals surface area contributed by atoms with Gasteiger partial charge in [-0.1, -0.05) is 0 Å². The number of ether oxygens (including phenoxy) is 1. The molecule has 0 atom stereocenters. The predicted molar refractivity (Wildman–Crippen MR) is 70.6 cm³/mol. The van der Waals surface area contributed by atoms with Crippen LogP contribution in [0.5, 0.6) is 0 Å². The van der Waals surface area contributed by atoms with Crippen LogP contribution in [0.2, 0.25) is 0 Å². The third kappa shape index (κ3) is 2.80. The molecule has 0 radical (unpaired) electrons. The van der Waals surface area contributed by atoms with E-state index in [1.807, 2.05) is 27.7 Å². The Labute approximate surface area is 113 Å². The van der Waals surface area contributed by atoms with Crippen molar-refractivity contribution in [2.24, 2.45) is 0 Å². The van der Waals surface area contributed by atoms with Gasteiger partial charge in [0.2, 0.25) is 0 Å². The number of pyridine rings is 1. The van der Waals surface area contributed by atoms with Crippen molar-refractivity contribution in [2.45, 2.75) is 45.5 Å². The zero-order valence-corrected chi connectivity index (χ0v) is 12.0. The van der Waals surface area contributed by atoms with Crippen molar-refractivity contribution in [3.63, 3.8) is 0 Å². The molecule has 1 aromatic rings. The van der Waals surface area contributed by atoms with Crippen molar-refractivity contribution < 1.29 is 18.4 Å². The van der Waals surface area contributed by atoms with E-state index in [1.165, 1.54) is 12.1 Å². The molecule has 19 heavy (non-hydrogen) atoms. The number of aromatic nitrogens is 1. The molecule has 1 saturated heterocycles. The Morgan fingerprint density at radius 1 is 1.21 bits per heavy atom. The SMILES string of the molecule is COCc1cc(F)cc(B2OC(C)(C)C(C)(C)O2)n1. The zero-order valence-electron chi connectivity index (χ0n) is 12.0. The molecule has 1 fully saturated rings. The monoisotopic (exact) mass is 267 g/mol. The van der Waals surface area contributed by atoms with Gasteiger partial charge in [0, 0.05) is 7.11 Å². The quantitative estimate of drug-likeness (QED) is 0.781. The van der Waals surface area contributed by atoms with Crippen LogP contribution in [0.25, 0.3) is 0 Å². The van der Waals surface area contributed by atoms with Crippen molar-refractivity contribution in [3.8, 4) is 0 Å². The molecular weight excluding hydrogens is 248 g/mol. The minimum atomic E-state index is -0.656. The number of hydrogen-bond acceptors (Lipinski definition) is 4. The lowest BCUT2D eigenvalue weighted by atomic mass is 9.84. The van der Waals surface area contributed by atoms with Crippen LogP contribution in [-0.2, 0) is 20.7 Å². The summed E-state index contributed by atoms with van der Waals surface area (Å²) < 4.78 is 30.2. The van der Waals surface area contributed by atoms with Crippen LogP contribution >= 0.6 is 0 Å². The molecule has 0 unspecified atom stereocenters. The van der Waals surface area contributed by atoms with E-state index in [1.54, 1.807) is 7.11 Å². The minimum absolute atomic E-state index is 0.254. The fourth-order valence-corrected chi connectivity index (χ4v) is 1.88. The van der Waals surface area contributed by atoms with Gasteiger partial charge in [0.1, 0.15) is 5.82 Å². The van der Waals surface area contributed by atoms with Gasteiger partial charge in [-0.25, -0.2) is 4.39 Å². The molecule has 0 N–H and O–H groups in total. The zero-order chi connectivity index (χ0) is 14.3. The highest BCUT2D eigenvalue weighted by atomic mass is 19.1. The molecule has 0 saturated carbocycles. The molecule has 2 heterocycles. The lowest BCUT2D eigenvalue weighted by Crippen LogP contribution is -2.41. The van der Waals surface area contributed by atoms with Gasteiger partial charge in [0.05, 0.1) is 29.1 Å². The Bertz CT molecular complexity index is 463. The van der Waals surface area contributed by atoms with E-state index in [-0.39, 0.29) is 12.4 Å². The summed E-state index contributed by atoms with van der Waals surface area (Å²) >= 11 is 0. The highest BCUT2D eigenvalue weighted by molar-refractivity contribution is 6.61. The maximum absolute atomic E-state index is 13.6. The number of halogens is 1. The van der Waals surface area contributed by atoms with Crippen molar-refractivity contribution in [3.05, 3.63) is 23.6 Å². The molecule has 0 aromatic carbocycles. The van der Waals surface area contributed by atoms with Gasteiger partial charge in [0.15, 0.2) is 0 Å². The average Bonchev–Trinajstić information content (AvgIpc) is 2.48. The minimum Gasteiger partial charge on any atom is -0.398 e. The van der Waals surface area contributed by atoms with Crippen LogP contribution < -0.4 is 5.59 Å². The van der Waals surface area contributed by atoms with Crippen LogP contribution in [0.15, 0.2) is 12.1 Å². The Morgan fingerprint density at radius 3 is 2.32 bits per heavy atom. The Kier molecular flexibility index (Phi) is 3.68. The van der Waals surface area contributed by atoms with Gasteiger partial charge in [-0.15, -0.1) is 0 Å². The molecule has 1 aliphatic heterocycles. The molecular formula is C13H19BFNO3. The van der Waals surface area contributed by atoms with Crippen molar-refractivity contribution in [2.75, 3.05) is 7.11 Å². The van der Waals surface area contributed by atoms with E-state index in [2.05, 4.69) is 4.98 Å². The molecule has 0 amide bonds. The fourth-order valence-electron chi connectivity index (χ4n) is 1.88. The number of hydrogen-bond donors (Lipinski definition) is 0. The Morgan fingerprint density at radius 2 is 1.79 bits per heavy atom. The second-order valence-corrected chi connectivity index (χ2v) is 5.72. The van der Waals surface area contributed by atoms with Crippen molar-refractivity contribution >= 4 is 12.7 Å². The second kappa shape index (κ2) is 4.85. The highest BCUT2D eigenvalue weighted by Crippen LogP contribution is 2.36. The molecule has 1 aromatic heterocycles. The van der Waals surface area contributed by atoms with Gasteiger partial charge in [-0.05, 0) is 39.8 Å². The van der Waals surface area contributed by atoms with E-state index in [9.17, 15) is 4.39 Å². The smallest absolute Gasteiger partial charge is 0.398 e. The molecule has 2 rings (SSSR count). The summed E-state index contributed by atoms with van der Waals surface area (Å²) in [5.41, 5.74) is 0.0260. The van der Waals surface area contributed by atoms with E-state index in [0.717, 1.165) is 0 Å². The standard InChI is InChI=1S/C13H19BFNO3/c1-12(2)13(3,4)19-14(18-12)11-7-9(15)6-10(16-11)8-17-5/h6-7H,8H2,1-5H3. The first-order chi connectivity index (χ1) is 8.75.